The van der Waals surface area contributed by atoms with Crippen molar-refractivity contribution in [2.24, 2.45) is 5.73 Å². The highest BCUT2D eigenvalue weighted by atomic mass is 127. The molecule has 2 unspecified atom stereocenters. The second-order valence-corrected chi connectivity index (χ2v) is 3.14. The van der Waals surface area contributed by atoms with Gasteiger partial charge in [0.05, 0.1) is 6.17 Å². The Morgan fingerprint density at radius 1 is 1.67 bits per heavy atom. The molecule has 1 fully saturated rings. The lowest BCUT2D eigenvalue weighted by Crippen LogP contribution is -2.42. The lowest BCUT2D eigenvalue weighted by Gasteiger charge is -2.19. The van der Waals surface area contributed by atoms with Gasteiger partial charge in [0, 0.05) is 29.9 Å². The third-order valence-corrected chi connectivity index (χ3v) is 2.95. The number of rotatable bonds is 0. The molecule has 0 radical (unpaired) electrons. The molecule has 1 heterocycles. The number of hydrogen-bond donors (Lipinski definition) is 2. The van der Waals surface area contributed by atoms with Gasteiger partial charge in [-0.05, 0) is 6.92 Å². The molecule has 0 aromatic heterocycles. The van der Waals surface area contributed by atoms with Crippen LogP contribution >= 0.6 is 22.9 Å². The summed E-state index contributed by atoms with van der Waals surface area (Å²) in [6, 6.07) is 0. The summed E-state index contributed by atoms with van der Waals surface area (Å²) in [6.45, 7) is 2.07. The maximum Gasteiger partial charge on any atom is 0.126 e. The van der Waals surface area contributed by atoms with Crippen LogP contribution in [0.3, 0.4) is 0 Å². The molecule has 0 spiro atoms. The van der Waals surface area contributed by atoms with E-state index < -0.39 is 0 Å². The first kappa shape index (κ1) is 7.67. The van der Waals surface area contributed by atoms with Crippen molar-refractivity contribution < 1.29 is 0 Å². The molecule has 0 aliphatic carbocycles. The van der Waals surface area contributed by atoms with Crippen molar-refractivity contribution in [1.82, 2.24) is 13.5 Å². The summed E-state index contributed by atoms with van der Waals surface area (Å²) < 4.78 is 2.03. The molecule has 2 atom stereocenters. The molecule has 1 saturated heterocycles. The second kappa shape index (κ2) is 2.67. The molecule has 1 aliphatic rings. The molecule has 9 heavy (non-hydrogen) atoms. The molecule has 0 amide bonds. The van der Waals surface area contributed by atoms with Gasteiger partial charge in [0.15, 0.2) is 0 Å². The molecule has 0 saturated carbocycles. The monoisotopic (exact) mass is 242 g/mol. The van der Waals surface area contributed by atoms with Crippen molar-refractivity contribution in [1.29, 1.82) is 0 Å². The fourth-order valence-corrected chi connectivity index (χ4v) is 1.24. The third-order valence-electron chi connectivity index (χ3n) is 1.44. The van der Waals surface area contributed by atoms with Gasteiger partial charge in [0.1, 0.15) is 6.29 Å². The van der Waals surface area contributed by atoms with E-state index in [2.05, 4.69) is 35.1 Å². The summed E-state index contributed by atoms with van der Waals surface area (Å²) >= 11 is 2.22. The number of nitrogens with zero attached hydrogens (tertiary/aromatic N) is 2. The minimum absolute atomic E-state index is 0.0306. The van der Waals surface area contributed by atoms with Gasteiger partial charge >= 0.3 is 0 Å². The summed E-state index contributed by atoms with van der Waals surface area (Å²) in [6.07, 6.45) is 0.308. The minimum atomic E-state index is -0.0306. The summed E-state index contributed by atoms with van der Waals surface area (Å²) in [5, 5.41) is 5.09. The molecule has 4 nitrogen and oxygen atoms in total. The summed E-state index contributed by atoms with van der Waals surface area (Å²) in [7, 11) is 1.95. The van der Waals surface area contributed by atoms with Crippen LogP contribution in [0.15, 0.2) is 0 Å². The van der Waals surface area contributed by atoms with E-state index in [1.54, 1.807) is 0 Å². The fourth-order valence-electron chi connectivity index (χ4n) is 0.809. The Balaban J connectivity index is 2.54. The number of hydrogen-bond acceptors (Lipinski definition) is 4. The molecule has 0 aromatic carbocycles. The Morgan fingerprint density at radius 3 is 2.33 bits per heavy atom. The molecule has 54 valence electrons. The van der Waals surface area contributed by atoms with Crippen LogP contribution in [0.4, 0.5) is 0 Å². The molecule has 0 aromatic rings. The summed E-state index contributed by atoms with van der Waals surface area (Å²) in [5.41, 5.74) is 5.63. The quantitative estimate of drug-likeness (QED) is 0.451. The smallest absolute Gasteiger partial charge is 0.126 e. The van der Waals surface area contributed by atoms with Crippen LogP contribution in [0.1, 0.15) is 6.92 Å². The molecule has 0 bridgehead atoms. The number of halogens is 1. The average molecular weight is 242 g/mol. The highest BCUT2D eigenvalue weighted by Crippen LogP contribution is 2.14. The van der Waals surface area contributed by atoms with E-state index in [0.717, 1.165) is 0 Å². The van der Waals surface area contributed by atoms with Crippen LogP contribution in [0, 0.1) is 0 Å². The average Bonchev–Trinajstić information content (AvgIpc) is 1.98. The van der Waals surface area contributed by atoms with Crippen LogP contribution in [0.25, 0.3) is 0 Å². The Bertz CT molecular complexity index is 96.7. The fraction of sp³-hybridized carbons (Fsp3) is 1.00. The van der Waals surface area contributed by atoms with E-state index in [0.29, 0.717) is 6.17 Å². The molecule has 3 N–H and O–H groups in total. The molecule has 5 heteroatoms. The third kappa shape index (κ3) is 1.35. The van der Waals surface area contributed by atoms with Crippen molar-refractivity contribution in [3.05, 3.63) is 0 Å². The normalized spacial score (nSPS) is 40.0. The lowest BCUT2D eigenvalue weighted by atomic mass is 10.6. The topological polar surface area (TPSA) is 44.5 Å². The largest absolute Gasteiger partial charge is 0.302 e. The van der Waals surface area contributed by atoms with E-state index in [1.165, 1.54) is 0 Å². The van der Waals surface area contributed by atoms with Gasteiger partial charge < -0.3 is 5.73 Å². The lowest BCUT2D eigenvalue weighted by molar-refractivity contribution is 0.132. The number of hydrazine groups is 1. The SMILES string of the molecule is CC1NC(N)N(C)N1I. The van der Waals surface area contributed by atoms with Gasteiger partial charge in [0.25, 0.3) is 0 Å². The van der Waals surface area contributed by atoms with Crippen LogP contribution in [0.5, 0.6) is 0 Å². The first-order chi connectivity index (χ1) is 4.13. The van der Waals surface area contributed by atoms with Gasteiger partial charge in [0.2, 0.25) is 0 Å². The Kier molecular flexibility index (Phi) is 2.27. The first-order valence-electron chi connectivity index (χ1n) is 2.82. The van der Waals surface area contributed by atoms with Gasteiger partial charge in [-0.2, -0.15) is 3.22 Å². The van der Waals surface area contributed by atoms with Gasteiger partial charge in [-0.3, -0.25) is 5.32 Å². The van der Waals surface area contributed by atoms with Crippen molar-refractivity contribution in [3.8, 4) is 0 Å². The van der Waals surface area contributed by atoms with Crippen molar-refractivity contribution >= 4 is 22.9 Å². The Hall–Kier alpha value is 0.570. The van der Waals surface area contributed by atoms with Gasteiger partial charge in [-0.25, -0.2) is 5.01 Å². The van der Waals surface area contributed by atoms with Crippen molar-refractivity contribution in [3.63, 3.8) is 0 Å². The maximum atomic E-state index is 5.63. The molecule has 1 rings (SSSR count). The summed E-state index contributed by atoms with van der Waals surface area (Å²) in [4.78, 5) is 0. The zero-order valence-electron chi connectivity index (χ0n) is 5.50. The van der Waals surface area contributed by atoms with E-state index in [9.17, 15) is 0 Å². The van der Waals surface area contributed by atoms with Crippen molar-refractivity contribution in [2.45, 2.75) is 19.4 Å². The highest BCUT2D eigenvalue weighted by Gasteiger charge is 2.28. The van der Waals surface area contributed by atoms with E-state index in [4.69, 9.17) is 5.73 Å². The van der Waals surface area contributed by atoms with Gasteiger partial charge in [-0.15, -0.1) is 0 Å². The Morgan fingerprint density at radius 2 is 2.22 bits per heavy atom. The molecular formula is C4H11IN4. The standard InChI is InChI=1S/C4H11IN4/c1-3-7-4(6)8(2)9(3)5/h3-4,7H,6H2,1-2H3. The van der Waals surface area contributed by atoms with Crippen LogP contribution in [-0.4, -0.2) is 27.7 Å². The molecular weight excluding hydrogens is 231 g/mol. The maximum absolute atomic E-state index is 5.63. The minimum Gasteiger partial charge on any atom is -0.302 e. The van der Waals surface area contributed by atoms with Crippen molar-refractivity contribution in [2.75, 3.05) is 7.05 Å². The second-order valence-electron chi connectivity index (χ2n) is 2.15. The van der Waals surface area contributed by atoms with E-state index in [-0.39, 0.29) is 6.29 Å². The highest BCUT2D eigenvalue weighted by molar-refractivity contribution is 14.1. The van der Waals surface area contributed by atoms with Crippen LogP contribution < -0.4 is 11.1 Å². The predicted octanol–water partition coefficient (Wildman–Crippen LogP) is -0.323. The number of nitrogens with one attached hydrogen (secondary N) is 1. The molecule has 1 aliphatic heterocycles. The van der Waals surface area contributed by atoms with Crippen LogP contribution in [0.2, 0.25) is 0 Å². The van der Waals surface area contributed by atoms with E-state index >= 15 is 0 Å². The van der Waals surface area contributed by atoms with E-state index in [1.807, 2.05) is 15.3 Å². The van der Waals surface area contributed by atoms with Gasteiger partial charge in [-0.1, -0.05) is 0 Å². The zero-order valence-corrected chi connectivity index (χ0v) is 7.66. The number of nitrogens with two attached hydrogens (primary N) is 1. The zero-order chi connectivity index (χ0) is 7.02. The predicted molar refractivity (Wildman–Crippen MR) is 44.2 cm³/mol. The Labute approximate surface area is 68.8 Å². The summed E-state index contributed by atoms with van der Waals surface area (Å²) in [5.74, 6) is 0. The van der Waals surface area contributed by atoms with Crippen LogP contribution in [-0.2, 0) is 0 Å². The first-order valence-corrected chi connectivity index (χ1v) is 3.79.